The largest absolute Gasteiger partial charge is 0.454 e. The average Bonchev–Trinajstić information content (AvgIpc) is 2.79. The van der Waals surface area contributed by atoms with E-state index in [1.165, 1.54) is 5.57 Å². The summed E-state index contributed by atoms with van der Waals surface area (Å²) in [5.74, 6) is -0.853. The molecule has 1 fully saturated rings. The Kier molecular flexibility index (Phi) is 5.81. The Labute approximate surface area is 143 Å². The zero-order valence-electron chi connectivity index (χ0n) is 14.9. The van der Waals surface area contributed by atoms with E-state index in [9.17, 15) is 9.59 Å². The van der Waals surface area contributed by atoms with Crippen LogP contribution < -0.4 is 0 Å². The normalized spacial score (nSPS) is 28.5. The van der Waals surface area contributed by atoms with Crippen molar-refractivity contribution in [2.24, 2.45) is 5.92 Å². The van der Waals surface area contributed by atoms with Crippen molar-refractivity contribution >= 4 is 11.9 Å². The molecule has 1 aliphatic carbocycles. The van der Waals surface area contributed by atoms with Gasteiger partial charge in [-0.25, -0.2) is 9.59 Å². The van der Waals surface area contributed by atoms with Gasteiger partial charge in [0.05, 0.1) is 0 Å². The first kappa shape index (κ1) is 18.2. The van der Waals surface area contributed by atoms with E-state index in [1.807, 2.05) is 26.8 Å². The molecule has 2 aliphatic rings. The first-order valence-corrected chi connectivity index (χ1v) is 8.41. The Balaban J connectivity index is 2.30. The molecule has 2 rings (SSSR count). The Hall–Kier alpha value is -2.10. The molecule has 4 heteroatoms. The highest BCUT2D eigenvalue weighted by Crippen LogP contribution is 2.35. The molecular weight excluding hydrogens is 304 g/mol. The summed E-state index contributed by atoms with van der Waals surface area (Å²) in [6.07, 6.45) is 7.42. The summed E-state index contributed by atoms with van der Waals surface area (Å²) >= 11 is 0. The Morgan fingerprint density at radius 3 is 2.79 bits per heavy atom. The minimum absolute atomic E-state index is 0.169. The van der Waals surface area contributed by atoms with Crippen LogP contribution >= 0.6 is 0 Å². The molecule has 1 heterocycles. The standard InChI is InChI=1S/C20H26O4/c1-6-13(3)19(21)23-17-11-16-15(5)20(22)24-18(16)10-12(2)8-7-9-14(17)4/h6,9-10,16-18H,5,7-8,11H2,1-4H3. The van der Waals surface area contributed by atoms with Crippen molar-refractivity contribution in [3.63, 3.8) is 0 Å². The number of esters is 2. The van der Waals surface area contributed by atoms with Crippen LogP contribution in [0.5, 0.6) is 0 Å². The van der Waals surface area contributed by atoms with Crippen LogP contribution in [0, 0.1) is 5.92 Å². The number of carbonyl (C=O) groups excluding carboxylic acids is 2. The Morgan fingerprint density at radius 1 is 1.42 bits per heavy atom. The van der Waals surface area contributed by atoms with Crippen molar-refractivity contribution in [1.82, 2.24) is 0 Å². The van der Waals surface area contributed by atoms with Crippen molar-refractivity contribution in [2.75, 3.05) is 0 Å². The first-order chi connectivity index (χ1) is 11.3. The maximum Gasteiger partial charge on any atom is 0.334 e. The van der Waals surface area contributed by atoms with Gasteiger partial charge in [0.2, 0.25) is 0 Å². The molecule has 0 saturated carbocycles. The molecule has 0 radical (unpaired) electrons. The molecule has 0 bridgehead atoms. The van der Waals surface area contributed by atoms with Gasteiger partial charge in [-0.3, -0.25) is 0 Å². The van der Waals surface area contributed by atoms with Crippen LogP contribution in [0.25, 0.3) is 0 Å². The summed E-state index contributed by atoms with van der Waals surface area (Å²) in [6, 6.07) is 0. The molecule has 1 saturated heterocycles. The number of fused-ring (bicyclic) bond motifs is 1. The molecule has 3 unspecified atom stereocenters. The maximum absolute atomic E-state index is 12.2. The predicted octanol–water partition coefficient (Wildman–Crippen LogP) is 4.04. The fourth-order valence-electron chi connectivity index (χ4n) is 2.98. The highest BCUT2D eigenvalue weighted by Gasteiger charge is 2.40. The van der Waals surface area contributed by atoms with Gasteiger partial charge >= 0.3 is 11.9 Å². The Bertz CT molecular complexity index is 636. The van der Waals surface area contributed by atoms with Gasteiger partial charge in [-0.05, 0) is 58.6 Å². The van der Waals surface area contributed by atoms with Crippen LogP contribution in [-0.4, -0.2) is 24.1 Å². The minimum atomic E-state index is -0.377. The van der Waals surface area contributed by atoms with Gasteiger partial charge in [0.25, 0.3) is 0 Å². The van der Waals surface area contributed by atoms with E-state index in [2.05, 4.69) is 12.7 Å². The number of hydrogen-bond acceptors (Lipinski definition) is 4. The Morgan fingerprint density at radius 2 is 2.12 bits per heavy atom. The SMILES string of the molecule is C=C1C(=O)OC2C=C(C)CCC=C(C)C(OC(=O)C(C)=CC)CC12. The molecule has 0 N–H and O–H groups in total. The number of hydrogen-bond donors (Lipinski definition) is 0. The van der Waals surface area contributed by atoms with Crippen LogP contribution in [0.1, 0.15) is 47.0 Å². The highest BCUT2D eigenvalue weighted by atomic mass is 16.6. The second-order valence-electron chi connectivity index (χ2n) is 6.60. The van der Waals surface area contributed by atoms with E-state index in [-0.39, 0.29) is 30.1 Å². The van der Waals surface area contributed by atoms with E-state index in [4.69, 9.17) is 9.47 Å². The summed E-state index contributed by atoms with van der Waals surface area (Å²) in [5.41, 5.74) is 3.23. The van der Waals surface area contributed by atoms with Gasteiger partial charge in [0, 0.05) is 17.1 Å². The molecule has 0 spiro atoms. The average molecular weight is 330 g/mol. The summed E-state index contributed by atoms with van der Waals surface area (Å²) in [7, 11) is 0. The fraction of sp³-hybridized carbons (Fsp3) is 0.500. The second kappa shape index (κ2) is 7.65. The van der Waals surface area contributed by atoms with Gasteiger partial charge < -0.3 is 9.47 Å². The summed E-state index contributed by atoms with van der Waals surface area (Å²) in [5, 5.41) is 0. The molecule has 1 aliphatic heterocycles. The predicted molar refractivity (Wildman–Crippen MR) is 93.2 cm³/mol. The van der Waals surface area contributed by atoms with Crippen LogP contribution in [0.4, 0.5) is 0 Å². The van der Waals surface area contributed by atoms with E-state index in [0.29, 0.717) is 17.6 Å². The maximum atomic E-state index is 12.2. The zero-order chi connectivity index (χ0) is 17.9. The lowest BCUT2D eigenvalue weighted by Crippen LogP contribution is -2.27. The molecule has 4 nitrogen and oxygen atoms in total. The van der Waals surface area contributed by atoms with Crippen molar-refractivity contribution in [2.45, 2.75) is 59.2 Å². The molecule has 0 aromatic heterocycles. The molecule has 0 amide bonds. The van der Waals surface area contributed by atoms with E-state index >= 15 is 0 Å². The molecule has 130 valence electrons. The fourth-order valence-corrected chi connectivity index (χ4v) is 2.98. The highest BCUT2D eigenvalue weighted by molar-refractivity contribution is 5.91. The lowest BCUT2D eigenvalue weighted by Gasteiger charge is -2.25. The summed E-state index contributed by atoms with van der Waals surface area (Å²) in [4.78, 5) is 24.1. The van der Waals surface area contributed by atoms with Gasteiger partial charge in [-0.2, -0.15) is 0 Å². The summed E-state index contributed by atoms with van der Waals surface area (Å²) < 4.78 is 11.2. The number of allylic oxidation sites excluding steroid dienone is 3. The van der Waals surface area contributed by atoms with E-state index < -0.39 is 0 Å². The van der Waals surface area contributed by atoms with Crippen LogP contribution in [0.2, 0.25) is 0 Å². The second-order valence-corrected chi connectivity index (χ2v) is 6.60. The topological polar surface area (TPSA) is 52.6 Å². The van der Waals surface area contributed by atoms with Crippen molar-refractivity contribution in [3.8, 4) is 0 Å². The minimum Gasteiger partial charge on any atom is -0.454 e. The molecule has 0 aromatic rings. The van der Waals surface area contributed by atoms with Crippen LogP contribution in [0.15, 0.2) is 47.1 Å². The van der Waals surface area contributed by atoms with Gasteiger partial charge in [-0.1, -0.05) is 24.3 Å². The van der Waals surface area contributed by atoms with Crippen molar-refractivity contribution in [1.29, 1.82) is 0 Å². The molecule has 3 atom stereocenters. The molecular formula is C20H26O4. The summed E-state index contributed by atoms with van der Waals surface area (Å²) in [6.45, 7) is 11.4. The van der Waals surface area contributed by atoms with E-state index in [0.717, 1.165) is 18.4 Å². The van der Waals surface area contributed by atoms with Crippen molar-refractivity contribution in [3.05, 3.63) is 47.1 Å². The number of carbonyl (C=O) groups is 2. The third-order valence-electron chi connectivity index (χ3n) is 4.78. The third kappa shape index (κ3) is 4.05. The van der Waals surface area contributed by atoms with Crippen LogP contribution in [0.3, 0.4) is 0 Å². The van der Waals surface area contributed by atoms with Crippen LogP contribution in [-0.2, 0) is 19.1 Å². The van der Waals surface area contributed by atoms with E-state index in [1.54, 1.807) is 13.0 Å². The van der Waals surface area contributed by atoms with Gasteiger partial charge in [0.15, 0.2) is 0 Å². The van der Waals surface area contributed by atoms with Crippen molar-refractivity contribution < 1.29 is 19.1 Å². The lowest BCUT2D eigenvalue weighted by atomic mass is 9.86. The third-order valence-corrected chi connectivity index (χ3v) is 4.78. The number of ether oxygens (including phenoxy) is 2. The smallest absolute Gasteiger partial charge is 0.334 e. The lowest BCUT2D eigenvalue weighted by molar-refractivity contribution is -0.143. The van der Waals surface area contributed by atoms with Gasteiger partial charge in [0.1, 0.15) is 12.2 Å². The zero-order valence-corrected chi connectivity index (χ0v) is 14.9. The van der Waals surface area contributed by atoms with Gasteiger partial charge in [-0.15, -0.1) is 0 Å². The monoisotopic (exact) mass is 330 g/mol. The number of rotatable bonds is 2. The first-order valence-electron chi connectivity index (χ1n) is 8.41. The molecule has 24 heavy (non-hydrogen) atoms. The quantitative estimate of drug-likeness (QED) is 0.436. The molecule has 0 aromatic carbocycles.